The molecule has 0 saturated carbocycles. The van der Waals surface area contributed by atoms with E-state index in [0.29, 0.717) is 10.6 Å². The summed E-state index contributed by atoms with van der Waals surface area (Å²) in [4.78, 5) is 12.1. The van der Waals surface area contributed by atoms with Crippen LogP contribution in [-0.4, -0.2) is 32.8 Å². The van der Waals surface area contributed by atoms with Gasteiger partial charge >= 0.3 is 5.97 Å². The number of hydrogen-bond donors (Lipinski definition) is 0. The van der Waals surface area contributed by atoms with Gasteiger partial charge in [0.15, 0.2) is 0 Å². The van der Waals surface area contributed by atoms with E-state index in [1.165, 1.54) is 38.4 Å². The third kappa shape index (κ3) is 4.10. The van der Waals surface area contributed by atoms with Gasteiger partial charge in [0.05, 0.1) is 10.5 Å². The number of nitrogens with zero attached hydrogens (tertiary/aromatic N) is 1. The lowest BCUT2D eigenvalue weighted by Crippen LogP contribution is -2.22. The molecule has 0 aliphatic carbocycles. The van der Waals surface area contributed by atoms with Gasteiger partial charge in [-0.3, -0.25) is 0 Å². The van der Waals surface area contributed by atoms with Crippen molar-refractivity contribution in [2.24, 2.45) is 0 Å². The highest BCUT2D eigenvalue weighted by molar-refractivity contribution is 7.89. The predicted molar refractivity (Wildman–Crippen MR) is 87.9 cm³/mol. The topological polar surface area (TPSA) is 63.7 Å². The lowest BCUT2D eigenvalue weighted by molar-refractivity contribution is 0.0473. The molecule has 0 amide bonds. The summed E-state index contributed by atoms with van der Waals surface area (Å²) in [6.07, 6.45) is 0. The fourth-order valence-corrected chi connectivity index (χ4v) is 2.91. The van der Waals surface area contributed by atoms with Crippen LogP contribution >= 0.6 is 11.6 Å². The number of benzene rings is 2. The van der Waals surface area contributed by atoms with Crippen molar-refractivity contribution in [3.8, 4) is 0 Å². The molecule has 0 bridgehead atoms. The molecule has 0 saturated heterocycles. The smallest absolute Gasteiger partial charge is 0.338 e. The number of rotatable bonds is 5. The Morgan fingerprint density at radius 3 is 2.26 bits per heavy atom. The normalized spacial score (nSPS) is 11.5. The molecular formula is C16H16ClNO4S. The Kier molecular flexibility index (Phi) is 5.41. The van der Waals surface area contributed by atoms with Crippen molar-refractivity contribution < 1.29 is 17.9 Å². The van der Waals surface area contributed by atoms with Crippen molar-refractivity contribution in [1.82, 2.24) is 4.31 Å². The van der Waals surface area contributed by atoms with Gasteiger partial charge in [-0.05, 0) is 30.3 Å². The van der Waals surface area contributed by atoms with E-state index < -0.39 is 16.0 Å². The van der Waals surface area contributed by atoms with Crippen molar-refractivity contribution >= 4 is 27.6 Å². The van der Waals surface area contributed by atoms with Crippen molar-refractivity contribution in [3.05, 3.63) is 64.7 Å². The number of halogens is 1. The molecule has 0 atom stereocenters. The zero-order chi connectivity index (χ0) is 17.0. The minimum Gasteiger partial charge on any atom is -0.457 e. The van der Waals surface area contributed by atoms with Gasteiger partial charge in [-0.15, -0.1) is 0 Å². The third-order valence-electron chi connectivity index (χ3n) is 3.19. The molecular weight excluding hydrogens is 338 g/mol. The SMILES string of the molecule is CN(C)S(=O)(=O)c1ccc(C(=O)OCc2ccccc2Cl)cc1. The summed E-state index contributed by atoms with van der Waals surface area (Å²) in [6, 6.07) is 12.7. The molecule has 0 aliphatic heterocycles. The van der Waals surface area contributed by atoms with Crippen LogP contribution in [0.2, 0.25) is 5.02 Å². The Balaban J connectivity index is 2.08. The highest BCUT2D eigenvalue weighted by atomic mass is 35.5. The first kappa shape index (κ1) is 17.5. The van der Waals surface area contributed by atoms with E-state index in [9.17, 15) is 13.2 Å². The fraction of sp³-hybridized carbons (Fsp3) is 0.188. The monoisotopic (exact) mass is 353 g/mol. The van der Waals surface area contributed by atoms with Crippen molar-refractivity contribution in [2.45, 2.75) is 11.5 Å². The highest BCUT2D eigenvalue weighted by Crippen LogP contribution is 2.18. The molecule has 2 aromatic carbocycles. The molecule has 122 valence electrons. The number of sulfonamides is 1. The minimum absolute atomic E-state index is 0.0518. The Labute approximate surface area is 140 Å². The maximum atomic E-state index is 12.0. The van der Waals surface area contributed by atoms with Crippen molar-refractivity contribution in [2.75, 3.05) is 14.1 Å². The van der Waals surface area contributed by atoms with Crippen LogP contribution in [0.1, 0.15) is 15.9 Å². The van der Waals surface area contributed by atoms with E-state index in [4.69, 9.17) is 16.3 Å². The lowest BCUT2D eigenvalue weighted by Gasteiger charge is -2.11. The molecule has 0 unspecified atom stereocenters. The molecule has 0 spiro atoms. The van der Waals surface area contributed by atoms with Gasteiger partial charge in [-0.25, -0.2) is 17.5 Å². The largest absolute Gasteiger partial charge is 0.457 e. The summed E-state index contributed by atoms with van der Waals surface area (Å²) >= 11 is 5.99. The maximum Gasteiger partial charge on any atom is 0.338 e. The van der Waals surface area contributed by atoms with Crippen LogP contribution in [0, 0.1) is 0 Å². The van der Waals surface area contributed by atoms with Gasteiger partial charge in [0.25, 0.3) is 0 Å². The fourth-order valence-electron chi connectivity index (χ4n) is 1.82. The average Bonchev–Trinajstić information content (AvgIpc) is 2.53. The lowest BCUT2D eigenvalue weighted by atomic mass is 10.2. The van der Waals surface area contributed by atoms with Crippen LogP contribution in [0.25, 0.3) is 0 Å². The van der Waals surface area contributed by atoms with Gasteiger partial charge in [-0.2, -0.15) is 0 Å². The second kappa shape index (κ2) is 7.12. The Bertz CT molecular complexity index is 801. The van der Waals surface area contributed by atoms with Crippen LogP contribution in [0.3, 0.4) is 0 Å². The summed E-state index contributed by atoms with van der Waals surface area (Å²) in [6.45, 7) is 0.0518. The van der Waals surface area contributed by atoms with E-state index in [-0.39, 0.29) is 17.1 Å². The van der Waals surface area contributed by atoms with Gasteiger partial charge in [0, 0.05) is 24.7 Å². The van der Waals surface area contributed by atoms with Gasteiger partial charge < -0.3 is 4.74 Å². The summed E-state index contributed by atoms with van der Waals surface area (Å²) in [7, 11) is -0.625. The zero-order valence-corrected chi connectivity index (χ0v) is 14.3. The first-order chi connectivity index (χ1) is 10.8. The molecule has 0 fully saturated rings. The highest BCUT2D eigenvalue weighted by Gasteiger charge is 2.18. The van der Waals surface area contributed by atoms with Gasteiger partial charge in [0.1, 0.15) is 6.61 Å². The molecule has 23 heavy (non-hydrogen) atoms. The summed E-state index contributed by atoms with van der Waals surface area (Å²) < 4.78 is 30.2. The van der Waals surface area contributed by atoms with Crippen molar-refractivity contribution in [1.29, 1.82) is 0 Å². The van der Waals surface area contributed by atoms with Crippen LogP contribution in [0.4, 0.5) is 0 Å². The average molecular weight is 354 g/mol. The van der Waals surface area contributed by atoms with E-state index in [1.807, 2.05) is 0 Å². The Hall–Kier alpha value is -1.89. The molecule has 0 aliphatic rings. The molecule has 7 heteroatoms. The van der Waals surface area contributed by atoms with E-state index in [1.54, 1.807) is 24.3 Å². The van der Waals surface area contributed by atoms with Gasteiger partial charge in [-0.1, -0.05) is 29.8 Å². The predicted octanol–water partition coefficient (Wildman–Crippen LogP) is 2.95. The molecule has 0 radical (unpaired) electrons. The second-order valence-electron chi connectivity index (χ2n) is 4.98. The molecule has 0 N–H and O–H groups in total. The number of esters is 1. The number of carbonyl (C=O) groups is 1. The van der Waals surface area contributed by atoms with E-state index in [0.717, 1.165) is 4.31 Å². The maximum absolute atomic E-state index is 12.0. The van der Waals surface area contributed by atoms with Crippen LogP contribution < -0.4 is 0 Å². The summed E-state index contributed by atoms with van der Waals surface area (Å²) in [5.41, 5.74) is 0.976. The molecule has 0 heterocycles. The van der Waals surface area contributed by atoms with Crippen LogP contribution in [0.15, 0.2) is 53.4 Å². The number of hydrogen-bond acceptors (Lipinski definition) is 4. The van der Waals surface area contributed by atoms with Crippen molar-refractivity contribution in [3.63, 3.8) is 0 Å². The van der Waals surface area contributed by atoms with E-state index >= 15 is 0 Å². The quantitative estimate of drug-likeness (QED) is 0.775. The Morgan fingerprint density at radius 2 is 1.70 bits per heavy atom. The van der Waals surface area contributed by atoms with Crippen LogP contribution in [0.5, 0.6) is 0 Å². The first-order valence-electron chi connectivity index (χ1n) is 6.75. The second-order valence-corrected chi connectivity index (χ2v) is 7.54. The zero-order valence-electron chi connectivity index (χ0n) is 12.7. The number of ether oxygens (including phenoxy) is 1. The minimum atomic E-state index is -3.52. The molecule has 2 aromatic rings. The Morgan fingerprint density at radius 1 is 1.09 bits per heavy atom. The van der Waals surface area contributed by atoms with Crippen LogP contribution in [-0.2, 0) is 21.4 Å². The van der Waals surface area contributed by atoms with E-state index in [2.05, 4.69) is 0 Å². The molecule has 2 rings (SSSR count). The molecule has 5 nitrogen and oxygen atoms in total. The number of carbonyl (C=O) groups excluding carboxylic acids is 1. The standard InChI is InChI=1S/C16H16ClNO4S/c1-18(2)23(20,21)14-9-7-12(8-10-14)16(19)22-11-13-5-3-4-6-15(13)17/h3-10H,11H2,1-2H3. The first-order valence-corrected chi connectivity index (χ1v) is 8.57. The third-order valence-corrected chi connectivity index (χ3v) is 5.38. The summed E-state index contributed by atoms with van der Waals surface area (Å²) in [5.74, 6) is -0.543. The summed E-state index contributed by atoms with van der Waals surface area (Å²) in [5, 5.41) is 0.521. The molecule has 0 aromatic heterocycles. The van der Waals surface area contributed by atoms with Gasteiger partial charge in [0.2, 0.25) is 10.0 Å².